The summed E-state index contributed by atoms with van der Waals surface area (Å²) in [5.41, 5.74) is 13.0. The fraction of sp³-hybridized carbons (Fsp3) is 0.440. The molecule has 194 valence electrons. The Labute approximate surface area is 217 Å². The highest BCUT2D eigenvalue weighted by Crippen LogP contribution is 2.32. The molecule has 36 heavy (non-hydrogen) atoms. The highest BCUT2D eigenvalue weighted by Gasteiger charge is 2.30. The summed E-state index contributed by atoms with van der Waals surface area (Å²) >= 11 is 1.40. The number of amidine groups is 1. The van der Waals surface area contributed by atoms with Crippen LogP contribution in [-0.2, 0) is 4.79 Å². The fourth-order valence-electron chi connectivity index (χ4n) is 3.49. The second-order valence-electron chi connectivity index (χ2n) is 8.96. The summed E-state index contributed by atoms with van der Waals surface area (Å²) in [4.78, 5) is 28.7. The van der Waals surface area contributed by atoms with Gasteiger partial charge in [-0.15, -0.1) is 0 Å². The van der Waals surface area contributed by atoms with Gasteiger partial charge in [-0.3, -0.25) is 4.79 Å². The summed E-state index contributed by atoms with van der Waals surface area (Å²) in [6, 6.07) is 9.40. The van der Waals surface area contributed by atoms with Gasteiger partial charge in [0, 0.05) is 28.3 Å². The van der Waals surface area contributed by atoms with Gasteiger partial charge in [0.15, 0.2) is 11.0 Å². The minimum Gasteiger partial charge on any atom is -0.402 e. The molecule has 1 aliphatic heterocycles. The molecule has 0 atom stereocenters. The van der Waals surface area contributed by atoms with E-state index in [-0.39, 0.29) is 22.3 Å². The molecule has 1 saturated heterocycles. The fourth-order valence-corrected chi connectivity index (χ4v) is 4.25. The number of benzene rings is 1. The second kappa shape index (κ2) is 12.2. The van der Waals surface area contributed by atoms with Gasteiger partial charge in [-0.25, -0.2) is 20.2 Å². The molecule has 0 bridgehead atoms. The summed E-state index contributed by atoms with van der Waals surface area (Å²) in [7, 11) is 1.80. The third-order valence-corrected chi connectivity index (χ3v) is 6.48. The van der Waals surface area contributed by atoms with E-state index in [9.17, 15) is 10.0 Å². The summed E-state index contributed by atoms with van der Waals surface area (Å²) in [6.45, 7) is 8.24. The van der Waals surface area contributed by atoms with Crippen LogP contribution in [0.15, 0.2) is 57.1 Å². The molecular formula is C25H37N8O2S+. The van der Waals surface area contributed by atoms with Crippen LogP contribution in [0, 0.1) is 5.92 Å². The van der Waals surface area contributed by atoms with E-state index in [1.165, 1.54) is 11.8 Å². The summed E-state index contributed by atoms with van der Waals surface area (Å²) in [5.74, 6) is 1.66. The number of anilines is 2. The number of carbonyl (C=O) groups excluding carboxylic acids is 1. The summed E-state index contributed by atoms with van der Waals surface area (Å²) in [5, 5.41) is 13.7. The van der Waals surface area contributed by atoms with Crippen molar-refractivity contribution in [2.45, 2.75) is 43.7 Å². The first-order valence-electron chi connectivity index (χ1n) is 12.2. The molecule has 2 aromatic rings. The van der Waals surface area contributed by atoms with E-state index < -0.39 is 0 Å². The van der Waals surface area contributed by atoms with Gasteiger partial charge in [-0.1, -0.05) is 13.8 Å². The zero-order chi connectivity index (χ0) is 26.3. The highest BCUT2D eigenvalue weighted by molar-refractivity contribution is 7.99. The molecule has 0 unspecified atom stereocenters. The van der Waals surface area contributed by atoms with E-state index in [4.69, 9.17) is 16.5 Å². The van der Waals surface area contributed by atoms with Crippen molar-refractivity contribution in [2.24, 2.45) is 22.4 Å². The van der Waals surface area contributed by atoms with E-state index >= 15 is 0 Å². The lowest BCUT2D eigenvalue weighted by atomic mass is 10.3. The number of carbonyl (C=O) groups is 1. The Morgan fingerprint density at radius 3 is 2.42 bits per heavy atom. The number of hydrogen-bond donors (Lipinski definition) is 4. The maximum absolute atomic E-state index is 12.0. The highest BCUT2D eigenvalue weighted by atomic mass is 32.2. The normalized spacial score (nSPS) is 17.8. The number of nitrogens with zero attached hydrogens (tertiary/aromatic N) is 5. The lowest BCUT2D eigenvalue weighted by Crippen LogP contribution is -2.55. The van der Waals surface area contributed by atoms with Crippen LogP contribution in [0.3, 0.4) is 0 Å². The molecule has 10 nitrogen and oxygen atoms in total. The number of rotatable bonds is 7. The summed E-state index contributed by atoms with van der Waals surface area (Å²) in [6.07, 6.45) is 3.52. The zero-order valence-electron chi connectivity index (χ0n) is 21.4. The Kier molecular flexibility index (Phi) is 9.30. The number of nitrogens with two attached hydrogens (primary N) is 2. The van der Waals surface area contributed by atoms with E-state index in [1.807, 2.05) is 38.1 Å². The molecule has 2 aliphatic rings. The van der Waals surface area contributed by atoms with Gasteiger partial charge in [0.25, 0.3) is 0 Å². The lowest BCUT2D eigenvalue weighted by molar-refractivity contribution is -1.09. The number of aliphatic imine (C=N–C) groups is 1. The molecule has 1 amide bonds. The number of quaternary nitrogens is 1. The predicted octanol–water partition coefficient (Wildman–Crippen LogP) is 3.51. The Balaban J connectivity index is 0.00000176. The molecule has 1 aromatic heterocycles. The number of nitrogens with one attached hydrogen (secondary N) is 1. The SMILES string of the molecule is C/C(N)=C/C(N)=N/c1cc(N2CC[N+](C)(O)CC2)nc(Sc2ccc(NC(=O)C3CC3)cc2)n1.CC. The lowest BCUT2D eigenvalue weighted by Gasteiger charge is -2.36. The maximum Gasteiger partial charge on any atom is 0.227 e. The third-order valence-electron chi connectivity index (χ3n) is 5.60. The van der Waals surface area contributed by atoms with Gasteiger partial charge in [0.1, 0.15) is 24.7 Å². The van der Waals surface area contributed by atoms with Crippen LogP contribution in [-0.4, -0.2) is 64.8 Å². The second-order valence-corrected chi connectivity index (χ2v) is 10.00. The van der Waals surface area contributed by atoms with E-state index in [2.05, 4.69) is 20.2 Å². The first kappa shape index (κ1) is 27.4. The van der Waals surface area contributed by atoms with Gasteiger partial charge < -0.3 is 21.7 Å². The average Bonchev–Trinajstić information content (AvgIpc) is 3.67. The molecular weight excluding hydrogens is 476 g/mol. The van der Waals surface area contributed by atoms with E-state index in [0.29, 0.717) is 42.9 Å². The number of likely N-dealkylation sites (N-methyl/N-ethyl adjacent to an activating group) is 1. The van der Waals surface area contributed by atoms with Crippen LogP contribution in [0.5, 0.6) is 0 Å². The quantitative estimate of drug-likeness (QED) is 0.191. The molecule has 1 saturated carbocycles. The number of hydrogen-bond acceptors (Lipinski definition) is 8. The molecule has 6 N–H and O–H groups in total. The van der Waals surface area contributed by atoms with Crippen molar-refractivity contribution in [1.29, 1.82) is 0 Å². The standard InChI is InChI=1S/C23H30N8O2S.C2H6/c1-15(24)13-19(25)27-20-14-21(30-9-11-31(2,33)12-10-30)29-23(28-20)34-18-7-5-17(6-8-18)26-22(32)16-3-4-16;1-2/h5-8,13-14,16,33H,3-4,9-12H2,1-2H3,(H4-,24,25,26,27,28,29,32);1-2H3/p+1. The Morgan fingerprint density at radius 2 is 1.83 bits per heavy atom. The molecule has 2 fully saturated rings. The minimum atomic E-state index is -0.00858. The first-order chi connectivity index (χ1) is 17.2. The van der Waals surface area contributed by atoms with E-state index in [0.717, 1.165) is 29.2 Å². The van der Waals surface area contributed by atoms with Gasteiger partial charge >= 0.3 is 0 Å². The molecule has 11 heteroatoms. The van der Waals surface area contributed by atoms with Crippen LogP contribution in [0.25, 0.3) is 0 Å². The maximum atomic E-state index is 12.0. The number of piperazine rings is 1. The largest absolute Gasteiger partial charge is 0.402 e. The van der Waals surface area contributed by atoms with Crippen molar-refractivity contribution in [2.75, 3.05) is 43.4 Å². The molecule has 0 spiro atoms. The van der Waals surface area contributed by atoms with Crippen molar-refractivity contribution in [3.63, 3.8) is 0 Å². The minimum absolute atomic E-state index is 0.00858. The molecule has 1 aromatic carbocycles. The number of hydroxylamine groups is 3. The first-order valence-corrected chi connectivity index (χ1v) is 13.1. The summed E-state index contributed by atoms with van der Waals surface area (Å²) < 4.78 is -0.00858. The van der Waals surface area contributed by atoms with E-state index in [1.54, 1.807) is 26.1 Å². The van der Waals surface area contributed by atoms with Crippen molar-refractivity contribution < 1.29 is 14.6 Å². The van der Waals surface area contributed by atoms with Crippen molar-refractivity contribution in [3.8, 4) is 0 Å². The van der Waals surface area contributed by atoms with Crippen LogP contribution in [0.4, 0.5) is 17.3 Å². The number of allylic oxidation sites excluding steroid dienone is 1. The molecule has 4 rings (SSSR count). The van der Waals surface area contributed by atoms with Crippen LogP contribution >= 0.6 is 11.8 Å². The molecule has 1 aliphatic carbocycles. The zero-order valence-corrected chi connectivity index (χ0v) is 22.3. The van der Waals surface area contributed by atoms with Gasteiger partial charge in [-0.05, 0) is 61.9 Å². The van der Waals surface area contributed by atoms with Gasteiger partial charge in [-0.2, -0.15) is 4.65 Å². The third kappa shape index (κ3) is 8.21. The predicted molar refractivity (Wildman–Crippen MR) is 144 cm³/mol. The van der Waals surface area contributed by atoms with Crippen LogP contribution < -0.4 is 21.7 Å². The van der Waals surface area contributed by atoms with Crippen molar-refractivity contribution >= 4 is 40.8 Å². The van der Waals surface area contributed by atoms with Crippen LogP contribution in [0.1, 0.15) is 33.6 Å². The Hall–Kier alpha value is -3.15. The smallest absolute Gasteiger partial charge is 0.227 e. The number of amides is 1. The number of aromatic nitrogens is 2. The monoisotopic (exact) mass is 513 g/mol. The van der Waals surface area contributed by atoms with Gasteiger partial charge in [0.2, 0.25) is 5.91 Å². The van der Waals surface area contributed by atoms with Gasteiger partial charge in [0.05, 0.1) is 20.1 Å². The average molecular weight is 514 g/mol. The van der Waals surface area contributed by atoms with Crippen molar-refractivity contribution in [3.05, 3.63) is 42.1 Å². The van der Waals surface area contributed by atoms with Crippen LogP contribution in [0.2, 0.25) is 0 Å². The Morgan fingerprint density at radius 1 is 1.19 bits per heavy atom. The topological polar surface area (TPSA) is 143 Å². The molecule has 2 heterocycles. The van der Waals surface area contributed by atoms with Crippen molar-refractivity contribution in [1.82, 2.24) is 9.97 Å². The molecule has 0 radical (unpaired) electrons. The Bertz CT molecular complexity index is 1100.